The zero-order valence-electron chi connectivity index (χ0n) is 10.9. The van der Waals surface area contributed by atoms with Crippen LogP contribution >= 0.6 is 0 Å². The molecular formula is C14H10F3N3O. The van der Waals surface area contributed by atoms with Gasteiger partial charge in [-0.1, -0.05) is 0 Å². The van der Waals surface area contributed by atoms with Crippen molar-refractivity contribution in [2.75, 3.05) is 12.4 Å². The molecule has 0 aliphatic carbocycles. The molecule has 0 aliphatic heterocycles. The first-order valence-corrected chi connectivity index (χ1v) is 5.83. The minimum absolute atomic E-state index is 0.0267. The number of nitrogens with one attached hydrogen (secondary N) is 1. The van der Waals surface area contributed by atoms with Crippen LogP contribution in [0.2, 0.25) is 0 Å². The number of benzene rings is 1. The van der Waals surface area contributed by atoms with Gasteiger partial charge in [-0.2, -0.15) is 18.4 Å². The molecule has 0 amide bonds. The molecule has 1 aromatic heterocycles. The van der Waals surface area contributed by atoms with Crippen LogP contribution in [0.15, 0.2) is 36.4 Å². The summed E-state index contributed by atoms with van der Waals surface area (Å²) < 4.78 is 42.9. The summed E-state index contributed by atoms with van der Waals surface area (Å²) >= 11 is 0. The number of rotatable bonds is 3. The summed E-state index contributed by atoms with van der Waals surface area (Å²) in [5.41, 5.74) is -0.532. The van der Waals surface area contributed by atoms with Crippen molar-refractivity contribution >= 4 is 11.5 Å². The molecule has 2 aromatic rings. The Morgan fingerprint density at radius 1 is 1.14 bits per heavy atom. The Morgan fingerprint density at radius 3 is 2.33 bits per heavy atom. The minimum atomic E-state index is -4.57. The number of hydrogen-bond donors (Lipinski definition) is 1. The van der Waals surface area contributed by atoms with E-state index in [0.717, 1.165) is 12.1 Å². The standard InChI is InChI=1S/C14H10F3N3O/c1-21-11-5-3-10(4-6-11)19-13-9(8-18)2-7-12(20-13)14(15,16)17/h2-7H,1H3,(H,19,20). The van der Waals surface area contributed by atoms with Crippen molar-refractivity contribution in [3.8, 4) is 11.8 Å². The highest BCUT2D eigenvalue weighted by molar-refractivity contribution is 5.63. The topological polar surface area (TPSA) is 57.9 Å². The summed E-state index contributed by atoms with van der Waals surface area (Å²) in [6.07, 6.45) is -4.57. The van der Waals surface area contributed by atoms with E-state index in [4.69, 9.17) is 10.00 Å². The van der Waals surface area contributed by atoms with Gasteiger partial charge in [0.1, 0.15) is 23.3 Å². The summed E-state index contributed by atoms with van der Waals surface area (Å²) in [5.74, 6) is 0.468. The molecule has 4 nitrogen and oxygen atoms in total. The third-order valence-electron chi connectivity index (χ3n) is 2.66. The molecule has 2 rings (SSSR count). The molecule has 0 atom stereocenters. The lowest BCUT2D eigenvalue weighted by atomic mass is 10.2. The highest BCUT2D eigenvalue weighted by Crippen LogP contribution is 2.30. The highest BCUT2D eigenvalue weighted by atomic mass is 19.4. The summed E-state index contributed by atoms with van der Waals surface area (Å²) in [7, 11) is 1.50. The van der Waals surface area contributed by atoms with Crippen LogP contribution in [0.25, 0.3) is 0 Å². The second kappa shape index (κ2) is 5.71. The maximum absolute atomic E-state index is 12.7. The third kappa shape index (κ3) is 3.42. The van der Waals surface area contributed by atoms with Crippen molar-refractivity contribution in [3.05, 3.63) is 47.7 Å². The SMILES string of the molecule is COc1ccc(Nc2nc(C(F)(F)F)ccc2C#N)cc1. The predicted octanol–water partition coefficient (Wildman–Crippen LogP) is 3.72. The molecule has 0 saturated heterocycles. The number of pyridine rings is 1. The van der Waals surface area contributed by atoms with Crippen molar-refractivity contribution in [1.29, 1.82) is 5.26 Å². The average molecular weight is 293 g/mol. The quantitative estimate of drug-likeness (QED) is 0.937. The van der Waals surface area contributed by atoms with E-state index in [-0.39, 0.29) is 11.4 Å². The number of halogens is 3. The molecule has 21 heavy (non-hydrogen) atoms. The fourth-order valence-electron chi connectivity index (χ4n) is 1.61. The van der Waals surface area contributed by atoms with Gasteiger partial charge in [0.25, 0.3) is 0 Å². The van der Waals surface area contributed by atoms with E-state index in [0.29, 0.717) is 11.4 Å². The van der Waals surface area contributed by atoms with Crippen LogP contribution in [0.5, 0.6) is 5.75 Å². The van der Waals surface area contributed by atoms with Crippen molar-refractivity contribution < 1.29 is 17.9 Å². The second-order valence-electron chi connectivity index (χ2n) is 4.06. The number of methoxy groups -OCH3 is 1. The molecule has 108 valence electrons. The fourth-order valence-corrected chi connectivity index (χ4v) is 1.61. The molecular weight excluding hydrogens is 283 g/mol. The Hall–Kier alpha value is -2.75. The van der Waals surface area contributed by atoms with E-state index in [9.17, 15) is 13.2 Å². The molecule has 0 spiro atoms. The van der Waals surface area contributed by atoms with Crippen molar-refractivity contribution in [1.82, 2.24) is 4.98 Å². The number of anilines is 2. The zero-order valence-corrected chi connectivity index (χ0v) is 10.9. The van der Waals surface area contributed by atoms with Crippen molar-refractivity contribution in [2.45, 2.75) is 6.18 Å². The number of alkyl halides is 3. The van der Waals surface area contributed by atoms with Gasteiger partial charge in [0.05, 0.1) is 12.7 Å². The van der Waals surface area contributed by atoms with E-state index < -0.39 is 11.9 Å². The van der Waals surface area contributed by atoms with Crippen LogP contribution in [-0.2, 0) is 6.18 Å². The van der Waals surface area contributed by atoms with Crippen LogP contribution in [0, 0.1) is 11.3 Å². The zero-order chi connectivity index (χ0) is 15.5. The van der Waals surface area contributed by atoms with Gasteiger partial charge < -0.3 is 10.1 Å². The Labute approximate surface area is 118 Å². The maximum Gasteiger partial charge on any atom is 0.433 e. The summed E-state index contributed by atoms with van der Waals surface area (Å²) in [4.78, 5) is 3.46. The molecule has 1 heterocycles. The predicted molar refractivity (Wildman–Crippen MR) is 70.2 cm³/mol. The molecule has 1 aromatic carbocycles. The van der Waals surface area contributed by atoms with E-state index in [1.807, 2.05) is 0 Å². The number of ether oxygens (including phenoxy) is 1. The third-order valence-corrected chi connectivity index (χ3v) is 2.66. The molecule has 0 saturated carbocycles. The summed E-state index contributed by atoms with van der Waals surface area (Å²) in [6, 6.07) is 10.2. The Morgan fingerprint density at radius 2 is 1.81 bits per heavy atom. The molecule has 0 unspecified atom stereocenters. The Balaban J connectivity index is 2.35. The maximum atomic E-state index is 12.7. The fraction of sp³-hybridized carbons (Fsp3) is 0.143. The lowest BCUT2D eigenvalue weighted by Crippen LogP contribution is -2.10. The van der Waals surface area contributed by atoms with Crippen LogP contribution in [0.1, 0.15) is 11.3 Å². The highest BCUT2D eigenvalue weighted by Gasteiger charge is 2.33. The van der Waals surface area contributed by atoms with Gasteiger partial charge in [0.15, 0.2) is 0 Å². The summed E-state index contributed by atoms with van der Waals surface area (Å²) in [6.45, 7) is 0. The minimum Gasteiger partial charge on any atom is -0.497 e. The molecule has 0 fully saturated rings. The van der Waals surface area contributed by atoms with Crippen molar-refractivity contribution in [3.63, 3.8) is 0 Å². The first kappa shape index (κ1) is 14.7. The largest absolute Gasteiger partial charge is 0.497 e. The van der Waals surface area contributed by atoms with Crippen LogP contribution in [0.3, 0.4) is 0 Å². The average Bonchev–Trinajstić information content (AvgIpc) is 2.47. The van der Waals surface area contributed by atoms with Crippen LogP contribution in [-0.4, -0.2) is 12.1 Å². The Bertz CT molecular complexity index is 675. The number of nitrogens with zero attached hydrogens (tertiary/aromatic N) is 2. The number of nitriles is 1. The van der Waals surface area contributed by atoms with Gasteiger partial charge >= 0.3 is 6.18 Å². The first-order chi connectivity index (χ1) is 9.94. The molecule has 0 radical (unpaired) electrons. The number of hydrogen-bond acceptors (Lipinski definition) is 4. The molecule has 0 aliphatic rings. The monoisotopic (exact) mass is 293 g/mol. The van der Waals surface area contributed by atoms with Gasteiger partial charge in [-0.05, 0) is 36.4 Å². The van der Waals surface area contributed by atoms with Gasteiger partial charge in [0.2, 0.25) is 0 Å². The first-order valence-electron chi connectivity index (χ1n) is 5.83. The molecule has 1 N–H and O–H groups in total. The van der Waals surface area contributed by atoms with Gasteiger partial charge in [-0.15, -0.1) is 0 Å². The summed E-state index contributed by atoms with van der Waals surface area (Å²) in [5, 5.41) is 11.6. The van der Waals surface area contributed by atoms with Gasteiger partial charge in [-0.25, -0.2) is 4.98 Å². The normalized spacial score (nSPS) is 10.8. The van der Waals surface area contributed by atoms with E-state index in [1.165, 1.54) is 7.11 Å². The smallest absolute Gasteiger partial charge is 0.433 e. The molecule has 7 heteroatoms. The molecule has 0 bridgehead atoms. The van der Waals surface area contributed by atoms with E-state index in [1.54, 1.807) is 30.3 Å². The van der Waals surface area contributed by atoms with Crippen molar-refractivity contribution in [2.24, 2.45) is 0 Å². The second-order valence-corrected chi connectivity index (χ2v) is 4.06. The van der Waals surface area contributed by atoms with E-state index >= 15 is 0 Å². The lowest BCUT2D eigenvalue weighted by molar-refractivity contribution is -0.141. The van der Waals surface area contributed by atoms with Crippen LogP contribution in [0.4, 0.5) is 24.7 Å². The Kier molecular flexibility index (Phi) is 3.98. The van der Waals surface area contributed by atoms with Gasteiger partial charge in [-0.3, -0.25) is 0 Å². The van der Waals surface area contributed by atoms with E-state index in [2.05, 4.69) is 10.3 Å². The lowest BCUT2D eigenvalue weighted by Gasteiger charge is -2.11. The van der Waals surface area contributed by atoms with Gasteiger partial charge in [0, 0.05) is 5.69 Å². The van der Waals surface area contributed by atoms with Crippen LogP contribution < -0.4 is 10.1 Å². The number of aromatic nitrogens is 1.